The molecule has 18 N–H and O–H groups in total. The van der Waals surface area contributed by atoms with Crippen LogP contribution in [0.15, 0.2) is 12.5 Å². The summed E-state index contributed by atoms with van der Waals surface area (Å²) in [5, 5.41) is 51.3. The van der Waals surface area contributed by atoms with Crippen LogP contribution in [0.25, 0.3) is 0 Å². The van der Waals surface area contributed by atoms with E-state index in [1.807, 2.05) is 0 Å². The molecule has 1 rings (SSSR count). The molecule has 11 atom stereocenters. The van der Waals surface area contributed by atoms with Crippen LogP contribution in [0.2, 0.25) is 0 Å². The molecule has 0 saturated heterocycles. The number of primary amides is 2. The quantitative estimate of drug-likeness (QED) is 0.0361. The number of aromatic amines is 1. The molecule has 1 heterocycles. The Morgan fingerprint density at radius 2 is 0.926 bits per heavy atom. The number of carboxylic acid groups (broad SMARTS) is 1. The molecule has 1 aromatic rings. The molecule has 3 unspecified atom stereocenters. The number of H-pyrrole nitrogens is 1. The third-order valence-corrected chi connectivity index (χ3v) is 13.8. The number of imidazole rings is 1. The zero-order chi connectivity index (χ0) is 61.2. The van der Waals surface area contributed by atoms with Gasteiger partial charge in [0, 0.05) is 31.2 Å². The van der Waals surface area contributed by atoms with Crippen LogP contribution in [0, 0.1) is 11.8 Å². The Morgan fingerprint density at radius 3 is 1.37 bits per heavy atom. The summed E-state index contributed by atoms with van der Waals surface area (Å²) in [7, 11) is 0. The zero-order valence-corrected chi connectivity index (χ0v) is 48.4. The largest absolute Gasteiger partial charge is 0.480 e. The molecule has 0 bridgehead atoms. The molecule has 460 valence electrons. The van der Waals surface area contributed by atoms with E-state index >= 15 is 0 Å². The fourth-order valence-corrected chi connectivity index (χ4v) is 8.55. The van der Waals surface area contributed by atoms with Crippen molar-refractivity contribution in [2.45, 2.75) is 237 Å². The van der Waals surface area contributed by atoms with E-state index in [1.165, 1.54) is 32.3 Å². The second-order valence-electron chi connectivity index (χ2n) is 21.2. The number of carboxylic acids is 1. The number of nitrogens with zero attached hydrogens (tertiary/aromatic N) is 1. The highest BCUT2D eigenvalue weighted by Gasteiger charge is 2.38. The monoisotopic (exact) mass is 1150 g/mol. The lowest BCUT2D eigenvalue weighted by molar-refractivity contribution is -0.143. The number of nitrogens with one attached hydrogen (secondary N) is 9. The van der Waals surface area contributed by atoms with Gasteiger partial charge in [-0.15, -0.1) is 0 Å². The van der Waals surface area contributed by atoms with Gasteiger partial charge in [-0.25, -0.2) is 9.78 Å². The number of carbonyl (C=O) groups is 11. The Kier molecular flexibility index (Phi) is 35.4. The number of aliphatic hydroxyl groups is 2. The summed E-state index contributed by atoms with van der Waals surface area (Å²) in [4.78, 5) is 153. The van der Waals surface area contributed by atoms with Gasteiger partial charge in [-0.3, -0.25) is 47.9 Å². The fourth-order valence-electron chi connectivity index (χ4n) is 8.55. The van der Waals surface area contributed by atoms with Crippen molar-refractivity contribution in [3.63, 3.8) is 0 Å². The molecule has 81 heavy (non-hydrogen) atoms. The van der Waals surface area contributed by atoms with Crippen LogP contribution in [0.1, 0.15) is 176 Å². The van der Waals surface area contributed by atoms with Crippen molar-refractivity contribution in [3.8, 4) is 0 Å². The van der Waals surface area contributed by atoms with E-state index in [9.17, 15) is 68.1 Å². The maximum atomic E-state index is 14.2. The summed E-state index contributed by atoms with van der Waals surface area (Å²) < 4.78 is 0. The minimum atomic E-state index is -1.82. The second kappa shape index (κ2) is 39.6. The molecule has 0 aliphatic rings. The molecular weight excluding hydrogens is 1050 g/mol. The molecular formula is C54H95N13O14. The molecule has 0 spiro atoms. The highest BCUT2D eigenvalue weighted by molar-refractivity contribution is 5.98. The van der Waals surface area contributed by atoms with E-state index in [-0.39, 0.29) is 51.5 Å². The maximum absolute atomic E-state index is 14.2. The predicted octanol–water partition coefficient (Wildman–Crippen LogP) is -0.650. The van der Waals surface area contributed by atoms with E-state index in [0.717, 1.165) is 45.4 Å². The summed E-state index contributed by atoms with van der Waals surface area (Å²) in [5.74, 6) is -11.4. The number of aliphatic hydroxyl groups excluding tert-OH is 2. The molecule has 0 radical (unpaired) electrons. The first kappa shape index (κ1) is 72.3. The van der Waals surface area contributed by atoms with E-state index in [4.69, 9.17) is 17.2 Å². The van der Waals surface area contributed by atoms with Crippen LogP contribution in [-0.2, 0) is 59.2 Å². The minimum Gasteiger partial charge on any atom is -0.480 e. The number of amides is 10. The molecule has 1 aromatic heterocycles. The third kappa shape index (κ3) is 29.0. The summed E-state index contributed by atoms with van der Waals surface area (Å²) in [6.45, 7) is 11.2. The van der Waals surface area contributed by atoms with Crippen molar-refractivity contribution in [3.05, 3.63) is 18.2 Å². The molecule has 10 amide bonds. The van der Waals surface area contributed by atoms with Crippen molar-refractivity contribution in [1.82, 2.24) is 52.5 Å². The standard InChI is InChI=1S/C54H95N13O14/c1-8-10-11-12-13-14-15-16-17-21-42(72)60-37(24-26-40(56)70)47(73)61-38(23-22-35-29-58-30-59-35)50(76)66-45(33(6)68)52(78)63-39(25-27-41(57)71)49(75)65-44(32(5)9-2)51(77)67-46(34(7)69)53(79)62-36(20-18-19-28-55)48(74)64-43(31(3)4)54(80)81/h29-34,36-39,43-46,68-69H,8-28,55H2,1-7H3,(H2,56,70)(H2,57,71)(H,58,59)(H,60,72)(H,61,73)(H,62,79)(H,63,78)(H,64,74)(H,65,75)(H,66,76)(H,67,77)(H,80,81)/t32-,33?,34?,36-,37-,38+,39+,43+,44?,45-,46+/m0/s1. The van der Waals surface area contributed by atoms with Crippen LogP contribution in [-0.4, -0.2) is 157 Å². The number of aryl methyl sites for hydroxylation is 1. The second-order valence-corrected chi connectivity index (χ2v) is 21.2. The van der Waals surface area contributed by atoms with E-state index in [0.29, 0.717) is 25.0 Å². The smallest absolute Gasteiger partial charge is 0.326 e. The number of unbranched alkanes of at least 4 members (excludes halogenated alkanes) is 9. The van der Waals surface area contributed by atoms with Gasteiger partial charge < -0.3 is 80.0 Å². The molecule has 0 saturated carbocycles. The average Bonchev–Trinajstić information content (AvgIpc) is 3.94. The van der Waals surface area contributed by atoms with Gasteiger partial charge in [-0.1, -0.05) is 92.4 Å². The number of carbonyl (C=O) groups excluding carboxylic acids is 10. The lowest BCUT2D eigenvalue weighted by Gasteiger charge is -2.30. The summed E-state index contributed by atoms with van der Waals surface area (Å²) >= 11 is 0. The van der Waals surface area contributed by atoms with Gasteiger partial charge in [-0.2, -0.15) is 0 Å². The fraction of sp³-hybridized carbons (Fsp3) is 0.741. The predicted molar refractivity (Wildman–Crippen MR) is 299 cm³/mol. The van der Waals surface area contributed by atoms with Gasteiger partial charge >= 0.3 is 5.97 Å². The SMILES string of the molecule is CCCCCCCCCCCC(=O)N[C@@H](CCC(N)=O)C(=O)N[C@H](CCc1cnc[nH]1)C(=O)N[C@H](C(=O)N[C@H](CCC(N)=O)C(=O)NC(C(=O)N[C@@H](C(=O)N[C@@H](CCCCN)C(=O)N[C@@H](C(=O)O)C(C)C)C(C)O)[C@@H](C)CC)C(C)O. The van der Waals surface area contributed by atoms with Crippen molar-refractivity contribution < 1.29 is 68.1 Å². The normalized spacial score (nSPS) is 15.3. The lowest BCUT2D eigenvalue weighted by Crippen LogP contribution is -2.63. The third-order valence-electron chi connectivity index (χ3n) is 13.8. The Labute approximate surface area is 475 Å². The molecule has 0 fully saturated rings. The number of hydrogen-bond acceptors (Lipinski definition) is 15. The maximum Gasteiger partial charge on any atom is 0.326 e. The molecule has 27 nitrogen and oxygen atoms in total. The summed E-state index contributed by atoms with van der Waals surface area (Å²) in [6.07, 6.45) is 8.56. The van der Waals surface area contributed by atoms with E-state index in [1.54, 1.807) is 27.7 Å². The van der Waals surface area contributed by atoms with Crippen molar-refractivity contribution >= 4 is 65.0 Å². The van der Waals surface area contributed by atoms with Crippen LogP contribution in [0.3, 0.4) is 0 Å². The van der Waals surface area contributed by atoms with Crippen LogP contribution >= 0.6 is 0 Å². The van der Waals surface area contributed by atoms with Crippen molar-refractivity contribution in [1.29, 1.82) is 0 Å². The zero-order valence-electron chi connectivity index (χ0n) is 48.4. The first-order chi connectivity index (χ1) is 38.3. The van der Waals surface area contributed by atoms with Gasteiger partial charge in [0.25, 0.3) is 0 Å². The molecule has 0 aromatic carbocycles. The van der Waals surface area contributed by atoms with Gasteiger partial charge in [0.15, 0.2) is 0 Å². The van der Waals surface area contributed by atoms with Crippen LogP contribution < -0.4 is 59.7 Å². The Bertz CT molecular complexity index is 2140. The van der Waals surface area contributed by atoms with E-state index in [2.05, 4.69) is 59.4 Å². The topological polar surface area (TPSA) is 451 Å². The average molecular weight is 1150 g/mol. The lowest BCUT2D eigenvalue weighted by atomic mass is 9.96. The summed E-state index contributed by atoms with van der Waals surface area (Å²) in [5.41, 5.74) is 17.0. The molecule has 27 heteroatoms. The molecule has 0 aliphatic carbocycles. The van der Waals surface area contributed by atoms with Gasteiger partial charge in [0.05, 0.1) is 18.5 Å². The number of aliphatic carboxylic acids is 1. The Hall–Kier alpha value is -6.74. The highest BCUT2D eigenvalue weighted by atomic mass is 16.4. The van der Waals surface area contributed by atoms with Crippen LogP contribution in [0.5, 0.6) is 0 Å². The Morgan fingerprint density at radius 1 is 0.506 bits per heavy atom. The van der Waals surface area contributed by atoms with Gasteiger partial charge in [-0.05, 0) is 83.6 Å². The highest BCUT2D eigenvalue weighted by Crippen LogP contribution is 2.15. The number of aromatic nitrogens is 2. The first-order valence-electron chi connectivity index (χ1n) is 28.5. The number of rotatable bonds is 44. The summed E-state index contributed by atoms with van der Waals surface area (Å²) in [6, 6.07) is -12.0. The molecule has 0 aliphatic heterocycles. The van der Waals surface area contributed by atoms with Gasteiger partial charge in [0.1, 0.15) is 48.3 Å². The Balaban J connectivity index is 3.43. The van der Waals surface area contributed by atoms with Gasteiger partial charge in [0.2, 0.25) is 59.1 Å². The first-order valence-corrected chi connectivity index (χ1v) is 28.5. The minimum absolute atomic E-state index is 0.0207. The van der Waals surface area contributed by atoms with E-state index < -0.39 is 150 Å². The van der Waals surface area contributed by atoms with Crippen molar-refractivity contribution in [2.75, 3.05) is 6.54 Å². The number of nitrogens with two attached hydrogens (primary N) is 3. The van der Waals surface area contributed by atoms with Crippen molar-refractivity contribution in [2.24, 2.45) is 29.0 Å². The number of hydrogen-bond donors (Lipinski definition) is 15. The van der Waals surface area contributed by atoms with Crippen LogP contribution in [0.4, 0.5) is 0 Å².